The fourth-order valence-corrected chi connectivity index (χ4v) is 4.95. The van der Waals surface area contributed by atoms with Gasteiger partial charge in [0, 0.05) is 22.3 Å². The molecule has 0 saturated heterocycles. The number of fused-ring (bicyclic) bond motifs is 2. The fraction of sp³-hybridized carbons (Fsp3) is 0.135. The zero-order valence-electron chi connectivity index (χ0n) is 23.2. The van der Waals surface area contributed by atoms with Gasteiger partial charge in [0.1, 0.15) is 0 Å². The van der Waals surface area contributed by atoms with E-state index in [1.807, 2.05) is 32.0 Å². The van der Waals surface area contributed by atoms with Gasteiger partial charge in [0.2, 0.25) is 0 Å². The summed E-state index contributed by atoms with van der Waals surface area (Å²) in [6.07, 6.45) is 0. The van der Waals surface area contributed by atoms with Crippen LogP contribution in [0.5, 0.6) is 0 Å². The Balaban J connectivity index is 0.000000321. The Morgan fingerprint density at radius 3 is 1.82 bits per heavy atom. The number of rotatable bonds is 3. The molecule has 0 aliphatic rings. The first-order valence-electron chi connectivity index (χ1n) is 13.4. The number of aryl methyl sites for hydroxylation is 1. The van der Waals surface area contributed by atoms with Gasteiger partial charge in [-0.25, -0.2) is 0 Å². The molecule has 0 N–H and O–H groups in total. The molecule has 5 aromatic carbocycles. The third-order valence-electron chi connectivity index (χ3n) is 6.67. The fourth-order valence-electron chi connectivity index (χ4n) is 4.95. The summed E-state index contributed by atoms with van der Waals surface area (Å²) in [5.74, 6) is 0. The highest BCUT2D eigenvalue weighted by Crippen LogP contribution is 2.36. The van der Waals surface area contributed by atoms with Gasteiger partial charge >= 0.3 is 0 Å². The van der Waals surface area contributed by atoms with Crippen LogP contribution in [0.1, 0.15) is 37.6 Å². The molecule has 0 saturated carbocycles. The van der Waals surface area contributed by atoms with E-state index in [-0.39, 0.29) is 0 Å². The molecule has 190 valence electrons. The van der Waals surface area contributed by atoms with Crippen LogP contribution in [-0.4, -0.2) is 4.57 Å². The monoisotopic (exact) mass is 495 g/mol. The quantitative estimate of drug-likeness (QED) is 0.230. The van der Waals surface area contributed by atoms with Crippen molar-refractivity contribution < 1.29 is 0 Å². The zero-order chi connectivity index (χ0) is 27.1. The molecule has 1 heterocycles. The molecule has 0 fully saturated rings. The van der Waals surface area contributed by atoms with E-state index in [0.717, 1.165) is 5.57 Å². The lowest BCUT2D eigenvalue weighted by molar-refractivity contribution is 1.05. The summed E-state index contributed by atoms with van der Waals surface area (Å²) in [4.78, 5) is 0. The van der Waals surface area contributed by atoms with Crippen molar-refractivity contribution >= 4 is 27.2 Å². The molecule has 0 atom stereocenters. The largest absolute Gasteiger partial charge is 0.313 e. The van der Waals surface area contributed by atoms with E-state index >= 15 is 0 Å². The van der Waals surface area contributed by atoms with Crippen molar-refractivity contribution in [1.29, 1.82) is 0 Å². The second kappa shape index (κ2) is 12.3. The molecular weight excluding hydrogens is 458 g/mol. The van der Waals surface area contributed by atoms with Gasteiger partial charge in [-0.2, -0.15) is 0 Å². The van der Waals surface area contributed by atoms with Gasteiger partial charge in [-0.3, -0.25) is 0 Å². The number of hydrogen-bond acceptors (Lipinski definition) is 0. The normalized spacial score (nSPS) is 10.3. The molecule has 0 radical (unpaired) electrons. The average molecular weight is 496 g/mol. The van der Waals surface area contributed by atoms with E-state index in [4.69, 9.17) is 0 Å². The van der Waals surface area contributed by atoms with Gasteiger partial charge in [0.15, 0.2) is 0 Å². The molecule has 0 unspecified atom stereocenters. The number of aromatic nitrogens is 1. The molecular formula is C37H37N. The standard InChI is InChI=1S/C28H23N.C7H8.C2H6/c1-19(2)28-20(3)29(25-15-13-22-11-7-8-12-23(22)17-25)27-16-14-24(18-26(27)28)21-9-5-4-6-10-21;1-7-5-3-2-4-6-7;1-2/h4-18H,1H2,2-3H3;2-6H,1H3;1-2H3. The van der Waals surface area contributed by atoms with E-state index in [1.54, 1.807) is 0 Å². The van der Waals surface area contributed by atoms with Crippen LogP contribution in [0.2, 0.25) is 0 Å². The Hall–Kier alpha value is -4.36. The molecule has 1 heteroatoms. The van der Waals surface area contributed by atoms with Crippen LogP contribution >= 0.6 is 0 Å². The van der Waals surface area contributed by atoms with Crippen LogP contribution in [0.4, 0.5) is 0 Å². The molecule has 0 amide bonds. The van der Waals surface area contributed by atoms with Gasteiger partial charge in [0.05, 0.1) is 5.52 Å². The first-order valence-corrected chi connectivity index (χ1v) is 13.4. The highest BCUT2D eigenvalue weighted by molar-refractivity contribution is 5.98. The minimum absolute atomic E-state index is 1.09. The van der Waals surface area contributed by atoms with Crippen LogP contribution < -0.4 is 0 Å². The Morgan fingerprint density at radius 2 is 1.21 bits per heavy atom. The van der Waals surface area contributed by atoms with Crippen LogP contribution in [0, 0.1) is 13.8 Å². The smallest absolute Gasteiger partial charge is 0.0538 e. The lowest BCUT2D eigenvalue weighted by Crippen LogP contribution is -1.97. The summed E-state index contributed by atoms with van der Waals surface area (Å²) >= 11 is 0. The summed E-state index contributed by atoms with van der Waals surface area (Å²) < 4.78 is 2.36. The predicted octanol–water partition coefficient (Wildman–Crippen LogP) is 10.8. The van der Waals surface area contributed by atoms with E-state index in [2.05, 4.69) is 135 Å². The number of allylic oxidation sites excluding steroid dienone is 1. The first kappa shape index (κ1) is 26.7. The number of hydrogen-bond donors (Lipinski definition) is 0. The second-order valence-corrected chi connectivity index (χ2v) is 9.36. The topological polar surface area (TPSA) is 4.93 Å². The van der Waals surface area contributed by atoms with E-state index in [9.17, 15) is 0 Å². The second-order valence-electron chi connectivity index (χ2n) is 9.36. The van der Waals surface area contributed by atoms with E-state index in [1.165, 1.54) is 55.3 Å². The Labute approximate surface area is 227 Å². The van der Waals surface area contributed by atoms with Gasteiger partial charge in [0.25, 0.3) is 0 Å². The van der Waals surface area contributed by atoms with Crippen molar-refractivity contribution in [3.63, 3.8) is 0 Å². The Kier molecular flexibility index (Phi) is 8.61. The zero-order valence-corrected chi connectivity index (χ0v) is 23.2. The summed E-state index contributed by atoms with van der Waals surface area (Å²) in [5.41, 5.74) is 9.76. The number of nitrogens with zero attached hydrogens (tertiary/aromatic N) is 1. The van der Waals surface area contributed by atoms with E-state index < -0.39 is 0 Å². The molecule has 0 spiro atoms. The summed E-state index contributed by atoms with van der Waals surface area (Å²) in [6, 6.07) is 42.8. The maximum absolute atomic E-state index is 4.28. The van der Waals surface area contributed by atoms with Crippen molar-refractivity contribution in [3.05, 3.63) is 145 Å². The van der Waals surface area contributed by atoms with Crippen LogP contribution in [0.3, 0.4) is 0 Å². The maximum Gasteiger partial charge on any atom is 0.0538 e. The maximum atomic E-state index is 4.28. The van der Waals surface area contributed by atoms with Crippen molar-refractivity contribution in [2.24, 2.45) is 0 Å². The van der Waals surface area contributed by atoms with Gasteiger partial charge in [-0.1, -0.05) is 123 Å². The summed E-state index contributed by atoms with van der Waals surface area (Å²) in [6.45, 7) is 14.7. The van der Waals surface area contributed by atoms with Gasteiger partial charge in [-0.05, 0) is 72.5 Å². The average Bonchev–Trinajstić information content (AvgIpc) is 3.26. The van der Waals surface area contributed by atoms with E-state index in [0.29, 0.717) is 0 Å². The number of benzene rings is 5. The molecule has 1 aromatic heterocycles. The van der Waals surface area contributed by atoms with Crippen molar-refractivity contribution in [3.8, 4) is 16.8 Å². The highest BCUT2D eigenvalue weighted by Gasteiger charge is 2.17. The third-order valence-corrected chi connectivity index (χ3v) is 6.67. The minimum Gasteiger partial charge on any atom is -0.313 e. The third kappa shape index (κ3) is 5.63. The highest BCUT2D eigenvalue weighted by atomic mass is 15.0. The van der Waals surface area contributed by atoms with Crippen LogP contribution in [0.25, 0.3) is 44.1 Å². The van der Waals surface area contributed by atoms with Gasteiger partial charge < -0.3 is 4.57 Å². The van der Waals surface area contributed by atoms with Crippen molar-refractivity contribution in [1.82, 2.24) is 4.57 Å². The van der Waals surface area contributed by atoms with Crippen LogP contribution in [-0.2, 0) is 0 Å². The molecule has 0 aliphatic heterocycles. The molecule has 38 heavy (non-hydrogen) atoms. The summed E-state index contributed by atoms with van der Waals surface area (Å²) in [5, 5.41) is 3.77. The molecule has 1 nitrogen and oxygen atoms in total. The molecule has 0 bridgehead atoms. The molecule has 6 aromatic rings. The van der Waals surface area contributed by atoms with Gasteiger partial charge in [-0.15, -0.1) is 0 Å². The van der Waals surface area contributed by atoms with Crippen molar-refractivity contribution in [2.45, 2.75) is 34.6 Å². The lowest BCUT2D eigenvalue weighted by atomic mass is 10.00. The Morgan fingerprint density at radius 1 is 0.605 bits per heavy atom. The minimum atomic E-state index is 1.09. The first-order chi connectivity index (χ1) is 18.5. The predicted molar refractivity (Wildman–Crippen MR) is 168 cm³/mol. The van der Waals surface area contributed by atoms with Crippen LogP contribution in [0.15, 0.2) is 128 Å². The SMILES string of the molecule is C=C(C)c1c(C)n(-c2ccc3ccccc3c2)c2ccc(-c3ccccc3)cc12.CC.Cc1ccccc1. The Bertz CT molecular complexity index is 1650. The molecule has 6 rings (SSSR count). The molecule has 0 aliphatic carbocycles. The summed E-state index contributed by atoms with van der Waals surface area (Å²) in [7, 11) is 0. The lowest BCUT2D eigenvalue weighted by Gasteiger charge is -2.11. The van der Waals surface area contributed by atoms with Crippen molar-refractivity contribution in [2.75, 3.05) is 0 Å².